The second-order valence-electron chi connectivity index (χ2n) is 5.85. The highest BCUT2D eigenvalue weighted by molar-refractivity contribution is 6.13. The van der Waals surface area contributed by atoms with Gasteiger partial charge >= 0.3 is 5.97 Å². The molecule has 0 radical (unpaired) electrons. The van der Waals surface area contributed by atoms with Gasteiger partial charge in [0.1, 0.15) is 0 Å². The van der Waals surface area contributed by atoms with E-state index in [-0.39, 0.29) is 12.4 Å². The van der Waals surface area contributed by atoms with Gasteiger partial charge in [-0.05, 0) is 24.3 Å². The third-order valence-corrected chi connectivity index (χ3v) is 4.39. The number of carbonyl (C=O) groups is 1. The van der Waals surface area contributed by atoms with Crippen LogP contribution in [0.5, 0.6) is 5.88 Å². The zero-order chi connectivity index (χ0) is 18.1. The quantitative estimate of drug-likeness (QED) is 0.572. The zero-order valence-electron chi connectivity index (χ0n) is 14.4. The molecule has 0 amide bonds. The molecule has 130 valence electrons. The number of fused-ring (bicyclic) bond motifs is 3. The van der Waals surface area contributed by atoms with E-state index in [4.69, 9.17) is 9.47 Å². The standard InChI is InChI=1S/C20H17N3O3/c1-25-16(24)11-15-17(13-6-4-10-22-20(13)26-2)18-14(23-15)8-7-12-5-3-9-21-19(12)18/h3-10,23H,11H2,1-2H3. The first-order valence-corrected chi connectivity index (χ1v) is 8.17. The van der Waals surface area contributed by atoms with Gasteiger partial charge < -0.3 is 14.5 Å². The van der Waals surface area contributed by atoms with Crippen molar-refractivity contribution in [1.29, 1.82) is 0 Å². The molecule has 0 aliphatic heterocycles. The summed E-state index contributed by atoms with van der Waals surface area (Å²) in [5, 5.41) is 1.96. The zero-order valence-corrected chi connectivity index (χ0v) is 14.4. The van der Waals surface area contributed by atoms with Crippen molar-refractivity contribution < 1.29 is 14.3 Å². The number of aromatic amines is 1. The molecular weight excluding hydrogens is 330 g/mol. The lowest BCUT2D eigenvalue weighted by molar-refractivity contribution is -0.139. The monoisotopic (exact) mass is 347 g/mol. The number of aromatic nitrogens is 3. The summed E-state index contributed by atoms with van der Waals surface area (Å²) in [4.78, 5) is 24.2. The molecule has 0 atom stereocenters. The average molecular weight is 347 g/mol. The van der Waals surface area contributed by atoms with Gasteiger partial charge in [-0.15, -0.1) is 0 Å². The van der Waals surface area contributed by atoms with Gasteiger partial charge in [0.05, 0.1) is 26.2 Å². The molecule has 0 saturated heterocycles. The Kier molecular flexibility index (Phi) is 4.01. The summed E-state index contributed by atoms with van der Waals surface area (Å²) in [5.74, 6) is 0.172. The summed E-state index contributed by atoms with van der Waals surface area (Å²) in [6.07, 6.45) is 3.55. The number of esters is 1. The molecule has 0 aliphatic carbocycles. The molecule has 1 N–H and O–H groups in total. The van der Waals surface area contributed by atoms with E-state index in [2.05, 4.69) is 15.0 Å². The third-order valence-electron chi connectivity index (χ3n) is 4.39. The van der Waals surface area contributed by atoms with Crippen LogP contribution in [0.25, 0.3) is 32.9 Å². The lowest BCUT2D eigenvalue weighted by Gasteiger charge is -2.09. The Balaban J connectivity index is 2.11. The molecule has 0 saturated carbocycles. The smallest absolute Gasteiger partial charge is 0.311 e. The van der Waals surface area contributed by atoms with E-state index in [0.29, 0.717) is 5.88 Å². The number of rotatable bonds is 4. The Morgan fingerprint density at radius 1 is 1.08 bits per heavy atom. The van der Waals surface area contributed by atoms with Crippen LogP contribution >= 0.6 is 0 Å². The summed E-state index contributed by atoms with van der Waals surface area (Å²) in [6, 6.07) is 11.7. The third kappa shape index (κ3) is 2.56. The summed E-state index contributed by atoms with van der Waals surface area (Å²) >= 11 is 0. The Bertz CT molecular complexity index is 1120. The maximum Gasteiger partial charge on any atom is 0.311 e. The van der Waals surface area contributed by atoms with Crippen molar-refractivity contribution in [3.05, 3.63) is 54.5 Å². The van der Waals surface area contributed by atoms with Gasteiger partial charge in [0.2, 0.25) is 5.88 Å². The molecule has 0 fully saturated rings. The Labute approximate surface area is 149 Å². The number of H-pyrrole nitrogens is 1. The summed E-state index contributed by atoms with van der Waals surface area (Å²) in [5.41, 5.74) is 4.17. The molecule has 3 aromatic heterocycles. The predicted molar refractivity (Wildman–Crippen MR) is 99.1 cm³/mol. The number of carbonyl (C=O) groups excluding carboxylic acids is 1. The van der Waals surface area contributed by atoms with Crippen LogP contribution in [0.3, 0.4) is 0 Å². The van der Waals surface area contributed by atoms with E-state index in [1.165, 1.54) is 7.11 Å². The molecule has 4 aromatic rings. The number of benzene rings is 1. The van der Waals surface area contributed by atoms with Crippen LogP contribution in [-0.4, -0.2) is 35.1 Å². The van der Waals surface area contributed by atoms with Crippen LogP contribution in [0, 0.1) is 0 Å². The SMILES string of the molecule is COC(=O)Cc1[nH]c2ccc3cccnc3c2c1-c1cccnc1OC. The van der Waals surface area contributed by atoms with Crippen molar-refractivity contribution in [3.63, 3.8) is 0 Å². The molecule has 1 aromatic carbocycles. The fourth-order valence-corrected chi connectivity index (χ4v) is 3.27. The first-order chi connectivity index (χ1) is 12.7. The number of nitrogens with zero attached hydrogens (tertiary/aromatic N) is 2. The average Bonchev–Trinajstić information content (AvgIpc) is 3.05. The second-order valence-corrected chi connectivity index (χ2v) is 5.85. The molecule has 0 spiro atoms. The minimum Gasteiger partial charge on any atom is -0.481 e. The normalized spacial score (nSPS) is 11.0. The lowest BCUT2D eigenvalue weighted by Crippen LogP contribution is -2.06. The molecule has 26 heavy (non-hydrogen) atoms. The van der Waals surface area contributed by atoms with Crippen LogP contribution in [-0.2, 0) is 16.0 Å². The van der Waals surface area contributed by atoms with Crippen LogP contribution < -0.4 is 4.74 Å². The topological polar surface area (TPSA) is 77.1 Å². The van der Waals surface area contributed by atoms with Crippen molar-refractivity contribution in [2.45, 2.75) is 6.42 Å². The Morgan fingerprint density at radius 2 is 1.88 bits per heavy atom. The molecule has 3 heterocycles. The predicted octanol–water partition coefficient (Wildman–Crippen LogP) is 3.50. The van der Waals surface area contributed by atoms with Gasteiger partial charge in [-0.3, -0.25) is 9.78 Å². The maximum atomic E-state index is 12.0. The minimum absolute atomic E-state index is 0.118. The van der Waals surface area contributed by atoms with Crippen LogP contribution in [0.15, 0.2) is 48.8 Å². The number of methoxy groups -OCH3 is 2. The van der Waals surface area contributed by atoms with Crippen molar-refractivity contribution in [1.82, 2.24) is 15.0 Å². The Morgan fingerprint density at radius 3 is 2.69 bits per heavy atom. The lowest BCUT2D eigenvalue weighted by atomic mass is 9.99. The molecule has 0 bridgehead atoms. The van der Waals surface area contributed by atoms with Crippen molar-refractivity contribution in [2.24, 2.45) is 0 Å². The van der Waals surface area contributed by atoms with Crippen LogP contribution in [0.1, 0.15) is 5.69 Å². The maximum absolute atomic E-state index is 12.0. The first-order valence-electron chi connectivity index (χ1n) is 8.17. The highest BCUT2D eigenvalue weighted by Crippen LogP contribution is 2.39. The van der Waals surface area contributed by atoms with Crippen molar-refractivity contribution in [3.8, 4) is 17.0 Å². The highest BCUT2D eigenvalue weighted by Gasteiger charge is 2.21. The number of pyridine rings is 2. The Hall–Kier alpha value is -3.41. The fourth-order valence-electron chi connectivity index (χ4n) is 3.27. The van der Waals surface area contributed by atoms with E-state index in [0.717, 1.165) is 38.6 Å². The molecular formula is C20H17N3O3. The van der Waals surface area contributed by atoms with Crippen LogP contribution in [0.2, 0.25) is 0 Å². The van der Waals surface area contributed by atoms with E-state index >= 15 is 0 Å². The number of hydrogen-bond acceptors (Lipinski definition) is 5. The van der Waals surface area contributed by atoms with E-state index in [9.17, 15) is 4.79 Å². The molecule has 4 rings (SSSR count). The van der Waals surface area contributed by atoms with Gasteiger partial charge in [-0.2, -0.15) is 0 Å². The van der Waals surface area contributed by atoms with E-state index < -0.39 is 0 Å². The van der Waals surface area contributed by atoms with Gasteiger partial charge in [-0.1, -0.05) is 12.1 Å². The largest absolute Gasteiger partial charge is 0.481 e. The molecule has 0 aliphatic rings. The van der Waals surface area contributed by atoms with Gasteiger partial charge in [-0.25, -0.2) is 4.98 Å². The van der Waals surface area contributed by atoms with Crippen molar-refractivity contribution >= 4 is 27.8 Å². The molecule has 0 unspecified atom stereocenters. The molecule has 6 heteroatoms. The minimum atomic E-state index is -0.321. The van der Waals surface area contributed by atoms with E-state index in [1.807, 2.05) is 36.4 Å². The summed E-state index contributed by atoms with van der Waals surface area (Å²) in [6.45, 7) is 0. The molecule has 6 nitrogen and oxygen atoms in total. The number of ether oxygens (including phenoxy) is 2. The van der Waals surface area contributed by atoms with Gasteiger partial charge in [0.25, 0.3) is 0 Å². The summed E-state index contributed by atoms with van der Waals surface area (Å²) in [7, 11) is 2.96. The fraction of sp³-hybridized carbons (Fsp3) is 0.150. The number of nitrogens with one attached hydrogen (secondary N) is 1. The van der Waals surface area contributed by atoms with Crippen molar-refractivity contribution in [2.75, 3.05) is 14.2 Å². The number of hydrogen-bond donors (Lipinski definition) is 1. The van der Waals surface area contributed by atoms with Crippen LogP contribution in [0.4, 0.5) is 0 Å². The first kappa shape index (κ1) is 16.1. The van der Waals surface area contributed by atoms with Gasteiger partial charge in [0, 0.05) is 45.5 Å². The van der Waals surface area contributed by atoms with Gasteiger partial charge in [0.15, 0.2) is 0 Å². The summed E-state index contributed by atoms with van der Waals surface area (Å²) < 4.78 is 10.3. The second kappa shape index (κ2) is 6.48. The van der Waals surface area contributed by atoms with E-state index in [1.54, 1.807) is 19.5 Å². The highest BCUT2D eigenvalue weighted by atomic mass is 16.5.